The Kier molecular flexibility index (Phi) is 5.80. The van der Waals surface area contributed by atoms with Crippen LogP contribution in [0.5, 0.6) is 5.75 Å². The molecule has 1 aliphatic heterocycles. The predicted octanol–water partition coefficient (Wildman–Crippen LogP) is 2.22. The Balaban J connectivity index is 1.72. The van der Waals surface area contributed by atoms with Crippen molar-refractivity contribution in [2.45, 2.75) is 33.6 Å². The van der Waals surface area contributed by atoms with Gasteiger partial charge in [-0.05, 0) is 25.5 Å². The van der Waals surface area contributed by atoms with Crippen LogP contribution in [0.1, 0.15) is 44.0 Å². The molecule has 0 radical (unpaired) electrons. The first kappa shape index (κ1) is 16.0. The summed E-state index contributed by atoms with van der Waals surface area (Å²) in [7, 11) is 0. The molecule has 0 aliphatic carbocycles. The molecule has 1 aromatic rings. The number of ketones is 1. The molecule has 1 fully saturated rings. The van der Waals surface area contributed by atoms with Crippen LogP contribution in [0.25, 0.3) is 0 Å². The fourth-order valence-electron chi connectivity index (χ4n) is 3.44. The molecule has 1 heterocycles. The van der Waals surface area contributed by atoms with Crippen molar-refractivity contribution in [1.29, 1.82) is 0 Å². The van der Waals surface area contributed by atoms with Crippen LogP contribution < -0.4 is 9.64 Å². The van der Waals surface area contributed by atoms with Crippen LogP contribution in [0.15, 0.2) is 24.3 Å². The summed E-state index contributed by atoms with van der Waals surface area (Å²) in [5.74, 6) is 2.58. The van der Waals surface area contributed by atoms with Gasteiger partial charge in [-0.3, -0.25) is 4.79 Å². The summed E-state index contributed by atoms with van der Waals surface area (Å²) in [6.45, 7) is 10.8. The van der Waals surface area contributed by atoms with Crippen molar-refractivity contribution in [2.24, 2.45) is 11.8 Å². The maximum absolute atomic E-state index is 11.3. The number of nitrogens with one attached hydrogen (secondary N) is 1. The number of rotatable bonds is 6. The molecule has 0 spiro atoms. The van der Waals surface area contributed by atoms with Gasteiger partial charge in [0, 0.05) is 23.8 Å². The summed E-state index contributed by atoms with van der Waals surface area (Å²) < 4.78 is 5.78. The van der Waals surface area contributed by atoms with Gasteiger partial charge in [-0.25, -0.2) is 0 Å². The third-order valence-electron chi connectivity index (χ3n) is 4.26. The summed E-state index contributed by atoms with van der Waals surface area (Å²) in [6, 6.07) is 7.46. The van der Waals surface area contributed by atoms with E-state index in [0.717, 1.165) is 36.2 Å². The average molecular weight is 290 g/mol. The van der Waals surface area contributed by atoms with E-state index in [1.54, 1.807) is 11.8 Å². The molecule has 0 bridgehead atoms. The molecule has 1 aromatic carbocycles. The van der Waals surface area contributed by atoms with Crippen molar-refractivity contribution in [2.75, 3.05) is 26.2 Å². The Hall–Kier alpha value is -1.35. The van der Waals surface area contributed by atoms with Gasteiger partial charge in [0.25, 0.3) is 0 Å². The van der Waals surface area contributed by atoms with Gasteiger partial charge in [0.05, 0.1) is 26.2 Å². The Labute approximate surface area is 128 Å². The molecule has 116 valence electrons. The summed E-state index contributed by atoms with van der Waals surface area (Å²) in [6.07, 6.45) is 2.44. The number of hydrogen-bond donors (Lipinski definition) is 1. The smallest absolute Gasteiger partial charge is 0.159 e. The zero-order valence-electron chi connectivity index (χ0n) is 13.5. The first-order chi connectivity index (χ1) is 10.0. The van der Waals surface area contributed by atoms with E-state index in [-0.39, 0.29) is 5.78 Å². The molecule has 3 heteroatoms. The van der Waals surface area contributed by atoms with Crippen molar-refractivity contribution in [3.8, 4) is 5.75 Å². The van der Waals surface area contributed by atoms with Crippen molar-refractivity contribution >= 4 is 5.78 Å². The second-order valence-corrected chi connectivity index (χ2v) is 6.64. The maximum Gasteiger partial charge on any atom is 0.159 e. The number of quaternary nitrogens is 1. The monoisotopic (exact) mass is 290 g/mol. The van der Waals surface area contributed by atoms with Crippen molar-refractivity contribution in [3.05, 3.63) is 29.8 Å². The number of hydrogen-bond acceptors (Lipinski definition) is 2. The highest BCUT2D eigenvalue weighted by Crippen LogP contribution is 2.14. The Morgan fingerprint density at radius 3 is 2.67 bits per heavy atom. The third-order valence-corrected chi connectivity index (χ3v) is 4.26. The molecular weight excluding hydrogens is 262 g/mol. The van der Waals surface area contributed by atoms with Crippen LogP contribution in [-0.4, -0.2) is 32.0 Å². The predicted molar refractivity (Wildman–Crippen MR) is 85.1 cm³/mol. The first-order valence-corrected chi connectivity index (χ1v) is 8.12. The summed E-state index contributed by atoms with van der Waals surface area (Å²) >= 11 is 0. The molecule has 2 rings (SSSR count). The third kappa shape index (κ3) is 5.16. The van der Waals surface area contributed by atoms with Gasteiger partial charge >= 0.3 is 0 Å². The van der Waals surface area contributed by atoms with Crippen LogP contribution in [0.4, 0.5) is 0 Å². The van der Waals surface area contributed by atoms with E-state index in [1.165, 1.54) is 26.1 Å². The fourth-order valence-corrected chi connectivity index (χ4v) is 3.44. The summed E-state index contributed by atoms with van der Waals surface area (Å²) in [4.78, 5) is 13.0. The summed E-state index contributed by atoms with van der Waals surface area (Å²) in [5, 5.41) is 0. The van der Waals surface area contributed by atoms with Gasteiger partial charge in [0.2, 0.25) is 0 Å². The SMILES string of the molecule is CC(=O)c1cccc(OCCC[NH+]2C[C@@H](C)C[C@H](C)C2)c1. The topological polar surface area (TPSA) is 30.7 Å². The van der Waals surface area contributed by atoms with E-state index >= 15 is 0 Å². The molecule has 21 heavy (non-hydrogen) atoms. The Morgan fingerprint density at radius 1 is 1.29 bits per heavy atom. The van der Waals surface area contributed by atoms with E-state index in [4.69, 9.17) is 4.74 Å². The second-order valence-electron chi connectivity index (χ2n) is 6.64. The molecule has 1 N–H and O–H groups in total. The van der Waals surface area contributed by atoms with Crippen LogP contribution >= 0.6 is 0 Å². The van der Waals surface area contributed by atoms with Gasteiger partial charge in [0.1, 0.15) is 5.75 Å². The number of likely N-dealkylation sites (tertiary alicyclic amines) is 1. The number of Topliss-reactive ketones (excluding diaryl/α,β-unsaturated/α-hetero) is 1. The lowest BCUT2D eigenvalue weighted by atomic mass is 9.92. The van der Waals surface area contributed by atoms with Crippen molar-refractivity contribution in [1.82, 2.24) is 0 Å². The quantitative estimate of drug-likeness (QED) is 0.643. The molecule has 0 saturated carbocycles. The molecule has 1 saturated heterocycles. The largest absolute Gasteiger partial charge is 0.493 e. The minimum atomic E-state index is 0.0844. The van der Waals surface area contributed by atoms with E-state index in [0.29, 0.717) is 0 Å². The minimum Gasteiger partial charge on any atom is -0.493 e. The fraction of sp³-hybridized carbons (Fsp3) is 0.611. The van der Waals surface area contributed by atoms with E-state index in [2.05, 4.69) is 13.8 Å². The van der Waals surface area contributed by atoms with Crippen LogP contribution in [0.3, 0.4) is 0 Å². The standard InChI is InChI=1S/C18H27NO2/c1-14-10-15(2)13-19(12-14)8-5-9-21-18-7-4-6-17(11-18)16(3)20/h4,6-7,11,14-15H,5,8-10,12-13H2,1-3H3/p+1/t14-,15-/m0/s1. The lowest BCUT2D eigenvalue weighted by molar-refractivity contribution is -0.912. The van der Waals surface area contributed by atoms with Crippen LogP contribution in [-0.2, 0) is 0 Å². The average Bonchev–Trinajstić information content (AvgIpc) is 2.43. The summed E-state index contributed by atoms with van der Waals surface area (Å²) in [5.41, 5.74) is 0.719. The number of carbonyl (C=O) groups excluding carboxylic acids is 1. The van der Waals surface area contributed by atoms with Gasteiger partial charge in [-0.2, -0.15) is 0 Å². The van der Waals surface area contributed by atoms with Crippen molar-refractivity contribution in [3.63, 3.8) is 0 Å². The maximum atomic E-state index is 11.3. The first-order valence-electron chi connectivity index (χ1n) is 8.12. The lowest BCUT2D eigenvalue weighted by Crippen LogP contribution is -3.14. The van der Waals surface area contributed by atoms with E-state index in [1.807, 2.05) is 24.3 Å². The second kappa shape index (κ2) is 7.60. The lowest BCUT2D eigenvalue weighted by Gasteiger charge is -2.31. The molecular formula is C18H28NO2+. The van der Waals surface area contributed by atoms with Crippen molar-refractivity contribution < 1.29 is 14.4 Å². The highest BCUT2D eigenvalue weighted by atomic mass is 16.5. The molecule has 0 amide bonds. The van der Waals surface area contributed by atoms with Crippen LogP contribution in [0.2, 0.25) is 0 Å². The highest BCUT2D eigenvalue weighted by molar-refractivity contribution is 5.94. The number of benzene rings is 1. The van der Waals surface area contributed by atoms with Gasteiger partial charge in [-0.15, -0.1) is 0 Å². The van der Waals surface area contributed by atoms with Gasteiger partial charge < -0.3 is 9.64 Å². The van der Waals surface area contributed by atoms with Crippen LogP contribution in [0, 0.1) is 11.8 Å². The Morgan fingerprint density at radius 2 is 2.00 bits per heavy atom. The van der Waals surface area contributed by atoms with Gasteiger partial charge in [-0.1, -0.05) is 26.0 Å². The van der Waals surface area contributed by atoms with E-state index < -0.39 is 0 Å². The molecule has 2 atom stereocenters. The zero-order valence-corrected chi connectivity index (χ0v) is 13.5. The number of carbonyl (C=O) groups is 1. The molecule has 0 aromatic heterocycles. The number of piperidine rings is 1. The molecule has 3 nitrogen and oxygen atoms in total. The van der Waals surface area contributed by atoms with Gasteiger partial charge in [0.15, 0.2) is 5.78 Å². The molecule has 0 unspecified atom stereocenters. The minimum absolute atomic E-state index is 0.0844. The molecule has 1 aliphatic rings. The number of ether oxygens (including phenoxy) is 1. The normalized spacial score (nSPS) is 25.6. The zero-order chi connectivity index (χ0) is 15.2. The highest BCUT2D eigenvalue weighted by Gasteiger charge is 2.24. The van der Waals surface area contributed by atoms with E-state index in [9.17, 15) is 4.79 Å². The Bertz CT molecular complexity index is 462.